The van der Waals surface area contributed by atoms with E-state index in [1.807, 2.05) is 11.8 Å². The minimum atomic E-state index is -0.960. The Labute approximate surface area is 139 Å². The normalized spacial score (nSPS) is 24.2. The molecule has 1 amide bonds. The average molecular weight is 341 g/mol. The Balaban J connectivity index is 1.87. The number of nitrogens with one attached hydrogen (secondary N) is 1. The maximum Gasteiger partial charge on any atom is 0.231 e. The molecular weight excluding hydrogens is 320 g/mol. The Morgan fingerprint density at radius 1 is 1.30 bits per heavy atom. The number of carbonyl (C=O) groups excluding carboxylic acids is 1. The Bertz CT molecular complexity index is 570. The number of halogens is 2. The Hall–Kier alpha value is -1.14. The molecule has 0 unspecified atom stereocenters. The third-order valence-electron chi connectivity index (χ3n) is 4.72. The highest BCUT2D eigenvalue weighted by Crippen LogP contribution is 2.37. The van der Waals surface area contributed by atoms with Crippen LogP contribution in [0.4, 0.5) is 8.78 Å². The SMILES string of the molecule is O=C(N[C@@H]1CCCSC1)C1(c2ccc(F)cc2F)CCOCC1. The third-order valence-corrected chi connectivity index (χ3v) is 5.94. The summed E-state index contributed by atoms with van der Waals surface area (Å²) in [5.74, 6) is 0.582. The standard InChI is InChI=1S/C17H21F2NO2S/c18-12-3-4-14(15(19)10-12)17(5-7-22-8-6-17)16(21)20-13-2-1-9-23-11-13/h3-4,10,13H,1-2,5-9,11H2,(H,20,21)/t13-/m1/s1. The highest BCUT2D eigenvalue weighted by atomic mass is 32.2. The molecule has 126 valence electrons. The second kappa shape index (κ2) is 7.18. The fraction of sp³-hybridized carbons (Fsp3) is 0.588. The lowest BCUT2D eigenvalue weighted by molar-refractivity contribution is -0.131. The van der Waals surface area contributed by atoms with E-state index in [0.717, 1.165) is 30.4 Å². The van der Waals surface area contributed by atoms with Gasteiger partial charge in [-0.05, 0) is 37.5 Å². The van der Waals surface area contributed by atoms with Crippen molar-refractivity contribution in [3.05, 3.63) is 35.4 Å². The summed E-state index contributed by atoms with van der Waals surface area (Å²) in [7, 11) is 0. The molecule has 3 rings (SSSR count). The zero-order valence-electron chi connectivity index (χ0n) is 12.9. The van der Waals surface area contributed by atoms with Crippen molar-refractivity contribution < 1.29 is 18.3 Å². The second-order valence-corrected chi connectivity index (χ2v) is 7.36. The first-order valence-electron chi connectivity index (χ1n) is 8.04. The molecule has 0 aromatic heterocycles. The zero-order chi connectivity index (χ0) is 16.3. The fourth-order valence-electron chi connectivity index (χ4n) is 3.39. The molecule has 3 nitrogen and oxygen atoms in total. The van der Waals surface area contributed by atoms with E-state index in [4.69, 9.17) is 4.74 Å². The van der Waals surface area contributed by atoms with Crippen LogP contribution in [0.15, 0.2) is 18.2 Å². The van der Waals surface area contributed by atoms with Crippen LogP contribution in [0.3, 0.4) is 0 Å². The molecule has 0 bridgehead atoms. The molecule has 1 N–H and O–H groups in total. The summed E-state index contributed by atoms with van der Waals surface area (Å²) >= 11 is 1.83. The van der Waals surface area contributed by atoms with Gasteiger partial charge in [-0.25, -0.2) is 8.78 Å². The topological polar surface area (TPSA) is 38.3 Å². The zero-order valence-corrected chi connectivity index (χ0v) is 13.8. The summed E-state index contributed by atoms with van der Waals surface area (Å²) < 4.78 is 33.0. The molecule has 2 aliphatic rings. The smallest absolute Gasteiger partial charge is 0.231 e. The number of rotatable bonds is 3. The van der Waals surface area contributed by atoms with E-state index in [1.54, 1.807) is 0 Å². The minimum Gasteiger partial charge on any atom is -0.381 e. The van der Waals surface area contributed by atoms with Crippen LogP contribution in [-0.4, -0.2) is 36.7 Å². The Morgan fingerprint density at radius 3 is 2.74 bits per heavy atom. The van der Waals surface area contributed by atoms with E-state index in [2.05, 4.69) is 5.32 Å². The summed E-state index contributed by atoms with van der Waals surface area (Å²) in [6.45, 7) is 0.813. The van der Waals surface area contributed by atoms with Crippen molar-refractivity contribution in [3.63, 3.8) is 0 Å². The Morgan fingerprint density at radius 2 is 2.09 bits per heavy atom. The van der Waals surface area contributed by atoms with E-state index < -0.39 is 17.0 Å². The number of hydrogen-bond donors (Lipinski definition) is 1. The first kappa shape index (κ1) is 16.7. The van der Waals surface area contributed by atoms with Crippen molar-refractivity contribution in [1.82, 2.24) is 5.32 Å². The van der Waals surface area contributed by atoms with Crippen LogP contribution < -0.4 is 5.32 Å². The first-order valence-corrected chi connectivity index (χ1v) is 9.19. The molecule has 23 heavy (non-hydrogen) atoms. The number of ether oxygens (including phenoxy) is 1. The number of carbonyl (C=O) groups is 1. The summed E-state index contributed by atoms with van der Waals surface area (Å²) in [6.07, 6.45) is 2.87. The average Bonchev–Trinajstić information content (AvgIpc) is 2.56. The van der Waals surface area contributed by atoms with Gasteiger partial charge in [0.25, 0.3) is 0 Å². The summed E-state index contributed by atoms with van der Waals surface area (Å²) in [4.78, 5) is 13.0. The monoisotopic (exact) mass is 341 g/mol. The molecule has 2 aliphatic heterocycles. The second-order valence-electron chi connectivity index (χ2n) is 6.21. The van der Waals surface area contributed by atoms with E-state index in [1.165, 1.54) is 12.1 Å². The van der Waals surface area contributed by atoms with Gasteiger partial charge in [0, 0.05) is 36.6 Å². The molecule has 1 aromatic carbocycles. The maximum absolute atomic E-state index is 14.4. The van der Waals surface area contributed by atoms with Gasteiger partial charge in [0.15, 0.2) is 0 Å². The van der Waals surface area contributed by atoms with E-state index in [9.17, 15) is 13.6 Å². The van der Waals surface area contributed by atoms with Crippen LogP contribution in [0, 0.1) is 11.6 Å². The van der Waals surface area contributed by atoms with Gasteiger partial charge in [-0.15, -0.1) is 0 Å². The molecule has 0 saturated carbocycles. The van der Waals surface area contributed by atoms with E-state index in [-0.39, 0.29) is 17.5 Å². The van der Waals surface area contributed by atoms with Gasteiger partial charge >= 0.3 is 0 Å². The summed E-state index contributed by atoms with van der Waals surface area (Å²) in [5, 5.41) is 3.09. The van der Waals surface area contributed by atoms with Crippen molar-refractivity contribution in [2.75, 3.05) is 24.7 Å². The Kier molecular flexibility index (Phi) is 5.21. The van der Waals surface area contributed by atoms with Gasteiger partial charge in [0.05, 0.1) is 5.41 Å². The molecule has 0 radical (unpaired) electrons. The predicted octanol–water partition coefficient (Wildman–Crippen LogP) is 3.02. The molecule has 2 fully saturated rings. The van der Waals surface area contributed by atoms with Crippen LogP contribution in [0.1, 0.15) is 31.2 Å². The lowest BCUT2D eigenvalue weighted by Crippen LogP contribution is -2.52. The van der Waals surface area contributed by atoms with Crippen molar-refractivity contribution in [2.24, 2.45) is 0 Å². The van der Waals surface area contributed by atoms with Crippen LogP contribution in [0.25, 0.3) is 0 Å². The molecule has 2 saturated heterocycles. The van der Waals surface area contributed by atoms with Crippen LogP contribution >= 0.6 is 11.8 Å². The van der Waals surface area contributed by atoms with Crippen molar-refractivity contribution in [1.29, 1.82) is 0 Å². The minimum absolute atomic E-state index is 0.129. The third kappa shape index (κ3) is 3.53. The largest absolute Gasteiger partial charge is 0.381 e. The van der Waals surface area contributed by atoms with Crippen LogP contribution in [0.5, 0.6) is 0 Å². The lowest BCUT2D eigenvalue weighted by Gasteiger charge is -2.38. The van der Waals surface area contributed by atoms with Gasteiger partial charge in [-0.2, -0.15) is 11.8 Å². The fourth-order valence-corrected chi connectivity index (χ4v) is 4.47. The van der Waals surface area contributed by atoms with E-state index in [0.29, 0.717) is 26.1 Å². The van der Waals surface area contributed by atoms with Crippen molar-refractivity contribution in [3.8, 4) is 0 Å². The lowest BCUT2D eigenvalue weighted by atomic mass is 9.73. The maximum atomic E-state index is 14.4. The highest BCUT2D eigenvalue weighted by Gasteiger charge is 2.44. The van der Waals surface area contributed by atoms with Crippen molar-refractivity contribution in [2.45, 2.75) is 37.1 Å². The van der Waals surface area contributed by atoms with Crippen molar-refractivity contribution >= 4 is 17.7 Å². The number of hydrogen-bond acceptors (Lipinski definition) is 3. The number of thioether (sulfide) groups is 1. The van der Waals surface area contributed by atoms with Gasteiger partial charge in [0.1, 0.15) is 11.6 Å². The van der Waals surface area contributed by atoms with Crippen LogP contribution in [0.2, 0.25) is 0 Å². The van der Waals surface area contributed by atoms with Gasteiger partial charge < -0.3 is 10.1 Å². The predicted molar refractivity (Wildman–Crippen MR) is 86.6 cm³/mol. The number of benzene rings is 1. The summed E-state index contributed by atoms with van der Waals surface area (Å²) in [6, 6.07) is 3.62. The molecule has 2 heterocycles. The van der Waals surface area contributed by atoms with Gasteiger partial charge in [-0.3, -0.25) is 4.79 Å². The quantitative estimate of drug-likeness (QED) is 0.918. The number of amides is 1. The molecule has 1 aromatic rings. The molecular formula is C17H21F2NO2S. The molecule has 0 spiro atoms. The van der Waals surface area contributed by atoms with Crippen LogP contribution in [-0.2, 0) is 14.9 Å². The first-order chi connectivity index (χ1) is 11.1. The summed E-state index contributed by atoms with van der Waals surface area (Å²) in [5.41, 5.74) is -0.679. The molecule has 6 heteroatoms. The van der Waals surface area contributed by atoms with Gasteiger partial charge in [0.2, 0.25) is 5.91 Å². The van der Waals surface area contributed by atoms with Gasteiger partial charge in [-0.1, -0.05) is 6.07 Å². The molecule has 1 atom stereocenters. The molecule has 0 aliphatic carbocycles. The highest BCUT2D eigenvalue weighted by molar-refractivity contribution is 7.99. The van der Waals surface area contributed by atoms with E-state index >= 15 is 0 Å².